The van der Waals surface area contributed by atoms with Gasteiger partial charge in [0.05, 0.1) is 0 Å². The van der Waals surface area contributed by atoms with Gasteiger partial charge in [0, 0.05) is 0 Å². The SMILES string of the molecule is CCCCCCC[CH2][Al]1[CH2]CCC(F)[O]1. The Morgan fingerprint density at radius 2 is 1.93 bits per heavy atom. The van der Waals surface area contributed by atoms with E-state index in [9.17, 15) is 4.39 Å². The minimum Gasteiger partial charge on any atom is -0.474 e. The average molecular weight is 230 g/mol. The predicted molar refractivity (Wildman–Crippen MR) is 64.0 cm³/mol. The van der Waals surface area contributed by atoms with Crippen LogP contribution < -0.4 is 0 Å². The van der Waals surface area contributed by atoms with Crippen LogP contribution >= 0.6 is 0 Å². The lowest BCUT2D eigenvalue weighted by atomic mass is 10.1. The summed E-state index contributed by atoms with van der Waals surface area (Å²) >= 11 is -1.12. The fraction of sp³-hybridized carbons (Fsp3) is 1.00. The summed E-state index contributed by atoms with van der Waals surface area (Å²) in [5.41, 5.74) is 0. The fourth-order valence-electron chi connectivity index (χ4n) is 2.22. The zero-order valence-corrected chi connectivity index (χ0v) is 11.2. The van der Waals surface area contributed by atoms with E-state index in [2.05, 4.69) is 6.92 Å². The van der Waals surface area contributed by atoms with Crippen molar-refractivity contribution in [2.75, 3.05) is 0 Å². The highest BCUT2D eigenvalue weighted by Crippen LogP contribution is 2.22. The van der Waals surface area contributed by atoms with Crippen molar-refractivity contribution in [1.29, 1.82) is 0 Å². The summed E-state index contributed by atoms with van der Waals surface area (Å²) in [5.74, 6) is 0. The van der Waals surface area contributed by atoms with Gasteiger partial charge in [-0.3, -0.25) is 0 Å². The van der Waals surface area contributed by atoms with Crippen molar-refractivity contribution in [3.63, 3.8) is 0 Å². The lowest BCUT2D eigenvalue weighted by molar-refractivity contribution is 0.0430. The van der Waals surface area contributed by atoms with Crippen LogP contribution in [0.2, 0.25) is 10.6 Å². The van der Waals surface area contributed by atoms with Gasteiger partial charge in [-0.2, -0.15) is 0 Å². The van der Waals surface area contributed by atoms with E-state index in [4.69, 9.17) is 3.79 Å². The third-order valence-corrected chi connectivity index (χ3v) is 5.96. The Morgan fingerprint density at radius 1 is 1.20 bits per heavy atom. The Morgan fingerprint density at radius 3 is 2.67 bits per heavy atom. The van der Waals surface area contributed by atoms with Crippen LogP contribution in [0.4, 0.5) is 4.39 Å². The van der Waals surface area contributed by atoms with Crippen molar-refractivity contribution < 1.29 is 8.18 Å². The molecule has 0 spiro atoms. The highest BCUT2D eigenvalue weighted by atomic mass is 27.2. The van der Waals surface area contributed by atoms with E-state index in [-0.39, 0.29) is 0 Å². The molecule has 0 aliphatic carbocycles. The fourth-order valence-corrected chi connectivity index (χ4v) is 4.77. The Labute approximate surface area is 98.1 Å². The normalized spacial score (nSPS) is 22.0. The standard InChI is InChI=1S/C8H17.C4H7FO.Al/c1-3-5-7-8-6-4-2;1-2-3-4(5)6;/h1,3-8H2,2H3;4H,1-3H2;/q;-1;+1. The summed E-state index contributed by atoms with van der Waals surface area (Å²) < 4.78 is 18.3. The molecule has 0 saturated carbocycles. The van der Waals surface area contributed by atoms with Crippen LogP contribution in [0.15, 0.2) is 0 Å². The van der Waals surface area contributed by atoms with Crippen molar-refractivity contribution >= 4 is 14.5 Å². The number of alkyl halides is 1. The topological polar surface area (TPSA) is 9.23 Å². The van der Waals surface area contributed by atoms with Gasteiger partial charge < -0.3 is 3.79 Å². The second kappa shape index (κ2) is 8.56. The van der Waals surface area contributed by atoms with Gasteiger partial charge in [0.2, 0.25) is 0 Å². The first kappa shape index (κ1) is 13.5. The molecule has 15 heavy (non-hydrogen) atoms. The largest absolute Gasteiger partial charge is 0.474 e. The molecule has 1 heterocycles. The molecule has 1 rings (SSSR count). The Balaban J connectivity index is 1.90. The van der Waals surface area contributed by atoms with Crippen molar-refractivity contribution in [2.24, 2.45) is 0 Å². The van der Waals surface area contributed by atoms with Gasteiger partial charge in [-0.25, -0.2) is 4.39 Å². The van der Waals surface area contributed by atoms with Crippen molar-refractivity contribution in [3.05, 3.63) is 0 Å². The van der Waals surface area contributed by atoms with Crippen LogP contribution in [0.3, 0.4) is 0 Å². The minimum atomic E-state index is -1.12. The summed E-state index contributed by atoms with van der Waals surface area (Å²) in [7, 11) is 0. The summed E-state index contributed by atoms with van der Waals surface area (Å²) in [5, 5.41) is 2.40. The molecule has 1 fully saturated rings. The molecule has 1 aliphatic rings. The monoisotopic (exact) mass is 230 g/mol. The molecule has 0 radical (unpaired) electrons. The average Bonchev–Trinajstić information content (AvgIpc) is 2.23. The number of hydrogen-bond acceptors (Lipinski definition) is 1. The zero-order chi connectivity index (χ0) is 10.9. The molecule has 0 aromatic carbocycles. The molecular weight excluding hydrogens is 206 g/mol. The highest BCUT2D eigenvalue weighted by molar-refractivity contribution is 6.52. The molecule has 0 amide bonds. The number of halogens is 1. The minimum absolute atomic E-state index is 0.639. The Kier molecular flexibility index (Phi) is 7.70. The number of unbranched alkanes of at least 4 members (excludes halogenated alkanes) is 5. The van der Waals surface area contributed by atoms with Gasteiger partial charge in [-0.1, -0.05) is 62.4 Å². The van der Waals surface area contributed by atoms with Gasteiger partial charge in [0.25, 0.3) is 0 Å². The van der Waals surface area contributed by atoms with Crippen LogP contribution in [0.1, 0.15) is 58.3 Å². The summed E-state index contributed by atoms with van der Waals surface area (Å²) in [6.45, 7) is 2.24. The highest BCUT2D eigenvalue weighted by Gasteiger charge is 2.27. The Hall–Kier alpha value is 0.422. The molecule has 1 unspecified atom stereocenters. The lowest BCUT2D eigenvalue weighted by Crippen LogP contribution is -2.27. The molecule has 1 nitrogen and oxygen atoms in total. The maximum atomic E-state index is 12.9. The molecule has 1 atom stereocenters. The lowest BCUT2D eigenvalue weighted by Gasteiger charge is -2.22. The van der Waals surface area contributed by atoms with Gasteiger partial charge >= 0.3 is 14.5 Å². The smallest absolute Gasteiger partial charge is 0.462 e. The predicted octanol–water partition coefficient (Wildman–Crippen LogP) is 4.44. The summed E-state index contributed by atoms with van der Waals surface area (Å²) in [4.78, 5) is 0. The van der Waals surface area contributed by atoms with Gasteiger partial charge in [0.1, 0.15) is 0 Å². The van der Waals surface area contributed by atoms with E-state index in [1.807, 2.05) is 0 Å². The molecular formula is C12H24AlFO. The van der Waals surface area contributed by atoms with Gasteiger partial charge in [-0.05, 0) is 6.42 Å². The molecule has 1 aliphatic heterocycles. The number of hydrogen-bond donors (Lipinski definition) is 0. The Bertz CT molecular complexity index is 155. The molecule has 3 heteroatoms. The molecule has 88 valence electrons. The summed E-state index contributed by atoms with van der Waals surface area (Å²) in [6.07, 6.45) is 8.78. The molecule has 0 aromatic rings. The van der Waals surface area contributed by atoms with Crippen molar-refractivity contribution in [1.82, 2.24) is 0 Å². The maximum absolute atomic E-state index is 12.9. The second-order valence-electron chi connectivity index (χ2n) is 4.66. The van der Waals surface area contributed by atoms with Gasteiger partial charge in [-0.15, -0.1) is 0 Å². The van der Waals surface area contributed by atoms with Crippen molar-refractivity contribution in [3.8, 4) is 0 Å². The first-order valence-electron chi connectivity index (χ1n) is 6.62. The first-order chi connectivity index (χ1) is 7.33. The summed E-state index contributed by atoms with van der Waals surface area (Å²) in [6, 6.07) is 0. The van der Waals surface area contributed by atoms with Crippen LogP contribution in [0, 0.1) is 0 Å². The van der Waals surface area contributed by atoms with Gasteiger partial charge in [0.15, 0.2) is 6.36 Å². The number of rotatable bonds is 7. The molecule has 0 N–H and O–H groups in total. The van der Waals surface area contributed by atoms with Crippen LogP contribution in [0.5, 0.6) is 0 Å². The van der Waals surface area contributed by atoms with E-state index in [0.29, 0.717) is 6.42 Å². The van der Waals surface area contributed by atoms with Crippen LogP contribution in [-0.4, -0.2) is 20.8 Å². The quantitative estimate of drug-likeness (QED) is 0.464. The third-order valence-electron chi connectivity index (χ3n) is 3.18. The molecule has 0 bridgehead atoms. The maximum Gasteiger partial charge on any atom is 0.462 e. The van der Waals surface area contributed by atoms with E-state index in [0.717, 1.165) is 6.42 Å². The molecule has 1 saturated heterocycles. The third kappa shape index (κ3) is 6.56. The van der Waals surface area contributed by atoms with E-state index >= 15 is 0 Å². The van der Waals surface area contributed by atoms with Crippen molar-refractivity contribution in [2.45, 2.75) is 75.2 Å². The van der Waals surface area contributed by atoms with E-state index < -0.39 is 20.8 Å². The van der Waals surface area contributed by atoms with E-state index in [1.54, 1.807) is 0 Å². The van der Waals surface area contributed by atoms with E-state index in [1.165, 1.54) is 49.1 Å². The molecule has 0 aromatic heterocycles. The van der Waals surface area contributed by atoms with Crippen LogP contribution in [0.25, 0.3) is 0 Å². The zero-order valence-electron chi connectivity index (χ0n) is 10.0. The first-order valence-corrected chi connectivity index (χ1v) is 8.73. The van der Waals surface area contributed by atoms with Crippen LogP contribution in [-0.2, 0) is 3.79 Å². The second-order valence-corrected chi connectivity index (χ2v) is 7.33.